The van der Waals surface area contributed by atoms with Gasteiger partial charge in [-0.15, -0.1) is 0 Å². The van der Waals surface area contributed by atoms with Gasteiger partial charge in [0.1, 0.15) is 0 Å². The Labute approximate surface area is 134 Å². The van der Waals surface area contributed by atoms with Gasteiger partial charge in [-0.25, -0.2) is 0 Å². The Balaban J connectivity index is 1.75. The number of carboxylic acid groups (broad SMARTS) is 1. The molecule has 122 valence electrons. The van der Waals surface area contributed by atoms with Crippen LogP contribution in [0.5, 0.6) is 0 Å². The number of carboxylic acids is 1. The molecule has 6 atom stereocenters. The largest absolute Gasteiger partial charge is 0.481 e. The summed E-state index contributed by atoms with van der Waals surface area (Å²) in [5.41, 5.74) is 1.71. The van der Waals surface area contributed by atoms with Crippen LogP contribution in [-0.4, -0.2) is 11.1 Å². The fraction of sp³-hybridized carbons (Fsp3) is 0.850. The van der Waals surface area contributed by atoms with E-state index in [9.17, 15) is 9.90 Å². The van der Waals surface area contributed by atoms with Crippen molar-refractivity contribution in [1.82, 2.24) is 0 Å². The van der Waals surface area contributed by atoms with E-state index in [1.54, 1.807) is 0 Å². The molecule has 5 saturated carbocycles. The second kappa shape index (κ2) is 4.39. The third kappa shape index (κ3) is 1.65. The summed E-state index contributed by atoms with van der Waals surface area (Å²) in [5, 5.41) is 9.91. The molecule has 0 radical (unpaired) electrons. The maximum absolute atomic E-state index is 12.0. The first kappa shape index (κ1) is 14.8. The van der Waals surface area contributed by atoms with Crippen LogP contribution in [-0.2, 0) is 4.79 Å². The summed E-state index contributed by atoms with van der Waals surface area (Å²) < 4.78 is 0. The molecule has 22 heavy (non-hydrogen) atoms. The van der Waals surface area contributed by atoms with Crippen LogP contribution in [0.25, 0.3) is 0 Å². The van der Waals surface area contributed by atoms with E-state index in [1.165, 1.54) is 44.1 Å². The van der Waals surface area contributed by atoms with Crippen molar-refractivity contribution in [2.45, 2.75) is 71.6 Å². The maximum atomic E-state index is 12.0. The lowest BCUT2D eigenvalue weighted by atomic mass is 9.37. The van der Waals surface area contributed by atoms with Gasteiger partial charge in [0.15, 0.2) is 0 Å². The Kier molecular flexibility index (Phi) is 2.95. The molecule has 0 aromatic heterocycles. The molecule has 6 unspecified atom stereocenters. The fourth-order valence-corrected chi connectivity index (χ4v) is 7.49. The smallest absolute Gasteiger partial charge is 0.309 e. The van der Waals surface area contributed by atoms with E-state index in [-0.39, 0.29) is 5.41 Å². The lowest BCUT2D eigenvalue weighted by Crippen LogP contribution is -2.61. The van der Waals surface area contributed by atoms with Crippen LogP contribution in [0, 0.1) is 34.0 Å². The molecule has 0 saturated heterocycles. The molecule has 0 aliphatic heterocycles. The number of rotatable bonds is 1. The molecule has 5 aliphatic carbocycles. The van der Waals surface area contributed by atoms with Gasteiger partial charge in [-0.2, -0.15) is 0 Å². The molecule has 2 nitrogen and oxygen atoms in total. The maximum Gasteiger partial charge on any atom is 0.309 e. The molecule has 1 spiro atoms. The summed E-state index contributed by atoms with van der Waals surface area (Å²) in [6, 6.07) is 0. The summed E-state index contributed by atoms with van der Waals surface area (Å²) in [4.78, 5) is 12.0. The first-order valence-electron chi connectivity index (χ1n) is 9.23. The van der Waals surface area contributed by atoms with Crippen molar-refractivity contribution in [2.24, 2.45) is 34.0 Å². The van der Waals surface area contributed by atoms with Crippen LogP contribution in [0.2, 0.25) is 0 Å². The number of hydrogen-bond donors (Lipinski definition) is 1. The number of carbonyl (C=O) groups is 1. The van der Waals surface area contributed by atoms with Crippen molar-refractivity contribution in [1.29, 1.82) is 0 Å². The summed E-state index contributed by atoms with van der Waals surface area (Å²) in [6.45, 7) is 8.86. The molecule has 0 amide bonds. The Hall–Kier alpha value is -0.790. The van der Waals surface area contributed by atoms with Crippen molar-refractivity contribution in [3.63, 3.8) is 0 Å². The highest BCUT2D eigenvalue weighted by Gasteiger charge is 2.64. The second-order valence-electron chi connectivity index (χ2n) is 9.39. The van der Waals surface area contributed by atoms with E-state index in [2.05, 4.69) is 13.5 Å². The molecule has 2 heteroatoms. The second-order valence-corrected chi connectivity index (χ2v) is 9.39. The Morgan fingerprint density at radius 1 is 1.14 bits per heavy atom. The average molecular weight is 302 g/mol. The lowest BCUT2D eigenvalue weighted by Gasteiger charge is -2.67. The van der Waals surface area contributed by atoms with Crippen LogP contribution in [0.3, 0.4) is 0 Å². The standard InChI is InChI=1S/C20H30O2/c1-13-12-20-9-5-14(13)11-16(20)18(2)7-4-8-19(3,17(21)22)15(18)6-10-20/h14-16H,1,4-12H2,2-3H3,(H,21,22). The van der Waals surface area contributed by atoms with Crippen LogP contribution >= 0.6 is 0 Å². The van der Waals surface area contributed by atoms with Crippen LogP contribution < -0.4 is 0 Å². The minimum absolute atomic E-state index is 0.239. The topological polar surface area (TPSA) is 37.3 Å². The highest BCUT2D eigenvalue weighted by molar-refractivity contribution is 5.75. The summed E-state index contributed by atoms with van der Waals surface area (Å²) in [7, 11) is 0. The van der Waals surface area contributed by atoms with E-state index in [1.807, 2.05) is 6.92 Å². The summed E-state index contributed by atoms with van der Waals surface area (Å²) in [5.74, 6) is 1.28. The summed E-state index contributed by atoms with van der Waals surface area (Å²) >= 11 is 0. The Bertz CT molecular complexity index is 538. The predicted octanol–water partition coefficient (Wildman–Crippen LogP) is 5.04. The van der Waals surface area contributed by atoms with Gasteiger partial charge in [-0.05, 0) is 86.9 Å². The fourth-order valence-electron chi connectivity index (χ4n) is 7.49. The Morgan fingerprint density at radius 3 is 2.55 bits per heavy atom. The highest BCUT2D eigenvalue weighted by Crippen LogP contribution is 2.72. The molecule has 1 N–H and O–H groups in total. The number of hydrogen-bond acceptors (Lipinski definition) is 1. The van der Waals surface area contributed by atoms with Gasteiger partial charge >= 0.3 is 5.97 Å². The van der Waals surface area contributed by atoms with Crippen LogP contribution in [0.1, 0.15) is 71.6 Å². The monoisotopic (exact) mass is 302 g/mol. The highest BCUT2D eigenvalue weighted by atomic mass is 16.4. The minimum atomic E-state index is -0.551. The van der Waals surface area contributed by atoms with Crippen molar-refractivity contribution in [3.05, 3.63) is 12.2 Å². The predicted molar refractivity (Wildman–Crippen MR) is 87.4 cm³/mol. The first-order chi connectivity index (χ1) is 10.3. The molecule has 2 bridgehead atoms. The molecule has 5 rings (SSSR count). The third-order valence-electron chi connectivity index (χ3n) is 8.60. The van der Waals surface area contributed by atoms with Gasteiger partial charge < -0.3 is 5.11 Å². The van der Waals surface area contributed by atoms with E-state index < -0.39 is 11.4 Å². The zero-order chi connectivity index (χ0) is 15.8. The van der Waals surface area contributed by atoms with Crippen molar-refractivity contribution < 1.29 is 9.90 Å². The van der Waals surface area contributed by atoms with E-state index in [0.717, 1.165) is 31.1 Å². The normalized spacial score (nSPS) is 53.7. The quantitative estimate of drug-likeness (QED) is 0.689. The minimum Gasteiger partial charge on any atom is -0.481 e. The number of fused-ring (bicyclic) bond motifs is 3. The van der Waals surface area contributed by atoms with Gasteiger partial charge in [-0.1, -0.05) is 25.5 Å². The van der Waals surface area contributed by atoms with Crippen LogP contribution in [0.4, 0.5) is 0 Å². The van der Waals surface area contributed by atoms with Crippen LogP contribution in [0.15, 0.2) is 12.2 Å². The van der Waals surface area contributed by atoms with Crippen molar-refractivity contribution >= 4 is 5.97 Å². The molecule has 5 fully saturated rings. The van der Waals surface area contributed by atoms with E-state index >= 15 is 0 Å². The van der Waals surface area contributed by atoms with Crippen molar-refractivity contribution in [3.8, 4) is 0 Å². The molecule has 0 aromatic rings. The third-order valence-corrected chi connectivity index (χ3v) is 8.60. The number of allylic oxidation sites excluding steroid dienone is 1. The molecule has 0 aromatic carbocycles. The van der Waals surface area contributed by atoms with E-state index in [4.69, 9.17) is 0 Å². The van der Waals surface area contributed by atoms with Gasteiger partial charge in [0.05, 0.1) is 5.41 Å². The van der Waals surface area contributed by atoms with Gasteiger partial charge in [0.2, 0.25) is 0 Å². The number of aliphatic carboxylic acids is 1. The molecular formula is C20H30O2. The molecular weight excluding hydrogens is 272 g/mol. The van der Waals surface area contributed by atoms with Gasteiger partial charge in [-0.3, -0.25) is 4.79 Å². The van der Waals surface area contributed by atoms with Crippen molar-refractivity contribution in [2.75, 3.05) is 0 Å². The molecule has 0 heterocycles. The SMILES string of the molecule is C=C1CC23CCC1CC2C1(C)CCCC(C)(C(=O)O)C1CC3. The zero-order valence-corrected chi connectivity index (χ0v) is 14.2. The zero-order valence-electron chi connectivity index (χ0n) is 14.2. The average Bonchev–Trinajstić information content (AvgIpc) is 2.46. The lowest BCUT2D eigenvalue weighted by molar-refractivity contribution is -0.190. The Morgan fingerprint density at radius 2 is 1.86 bits per heavy atom. The summed E-state index contributed by atoms with van der Waals surface area (Å²) in [6.07, 6.45) is 10.8. The molecule has 5 aliphatic rings. The van der Waals surface area contributed by atoms with Gasteiger partial charge in [0.25, 0.3) is 0 Å². The van der Waals surface area contributed by atoms with Gasteiger partial charge in [0, 0.05) is 0 Å². The first-order valence-corrected chi connectivity index (χ1v) is 9.23. The van der Waals surface area contributed by atoms with E-state index in [0.29, 0.717) is 11.3 Å².